The summed E-state index contributed by atoms with van der Waals surface area (Å²) in [5.74, 6) is 0.443. The van der Waals surface area contributed by atoms with Gasteiger partial charge in [-0.25, -0.2) is 8.42 Å². The van der Waals surface area contributed by atoms with E-state index in [1.807, 2.05) is 30.3 Å². The van der Waals surface area contributed by atoms with E-state index in [2.05, 4.69) is 10.0 Å². The first-order valence-corrected chi connectivity index (χ1v) is 12.1. The Hall–Kier alpha value is -3.27. The van der Waals surface area contributed by atoms with Gasteiger partial charge in [-0.1, -0.05) is 41.9 Å². The molecule has 0 fully saturated rings. The summed E-state index contributed by atoms with van der Waals surface area (Å²) in [6.07, 6.45) is 0.113. The fourth-order valence-corrected chi connectivity index (χ4v) is 4.66. The van der Waals surface area contributed by atoms with Crippen molar-refractivity contribution < 1.29 is 27.4 Å². The number of methoxy groups -OCH3 is 3. The highest BCUT2D eigenvalue weighted by molar-refractivity contribution is 7.89. The minimum atomic E-state index is -4.10. The van der Waals surface area contributed by atoms with Crippen LogP contribution in [-0.2, 0) is 21.2 Å². The van der Waals surface area contributed by atoms with Crippen LogP contribution >= 0.6 is 11.6 Å². The molecule has 1 amide bonds. The van der Waals surface area contributed by atoms with Gasteiger partial charge in [0.1, 0.15) is 11.8 Å². The first kappa shape index (κ1) is 25.4. The van der Waals surface area contributed by atoms with Crippen molar-refractivity contribution in [2.45, 2.75) is 17.4 Å². The van der Waals surface area contributed by atoms with Gasteiger partial charge in [0.05, 0.1) is 31.9 Å². The molecule has 2 N–H and O–H groups in total. The molecule has 0 aliphatic rings. The Labute approximate surface area is 203 Å². The first-order chi connectivity index (χ1) is 16.3. The smallest absolute Gasteiger partial charge is 0.243 e. The van der Waals surface area contributed by atoms with E-state index in [4.69, 9.17) is 25.8 Å². The van der Waals surface area contributed by atoms with Gasteiger partial charge in [-0.2, -0.15) is 4.72 Å². The fraction of sp³-hybridized carbons (Fsp3) is 0.208. The van der Waals surface area contributed by atoms with Crippen LogP contribution in [0.1, 0.15) is 5.56 Å². The number of carbonyl (C=O) groups is 1. The highest BCUT2D eigenvalue weighted by Gasteiger charge is 2.27. The normalized spacial score (nSPS) is 12.0. The minimum Gasteiger partial charge on any atom is -0.495 e. The van der Waals surface area contributed by atoms with E-state index in [0.29, 0.717) is 22.2 Å². The molecule has 1 atom stereocenters. The number of anilines is 1. The highest BCUT2D eigenvalue weighted by Crippen LogP contribution is 2.30. The Morgan fingerprint density at radius 1 is 0.882 bits per heavy atom. The predicted molar refractivity (Wildman–Crippen MR) is 130 cm³/mol. The molecule has 3 rings (SSSR count). The predicted octanol–water partition coefficient (Wildman–Crippen LogP) is 3.89. The number of ether oxygens (including phenoxy) is 3. The Morgan fingerprint density at radius 3 is 2.18 bits per heavy atom. The number of amides is 1. The zero-order valence-electron chi connectivity index (χ0n) is 18.9. The molecule has 0 spiro atoms. The average molecular weight is 505 g/mol. The molecule has 3 aromatic carbocycles. The number of nitrogens with one attached hydrogen (secondary N) is 2. The molecule has 0 heterocycles. The monoisotopic (exact) mass is 504 g/mol. The van der Waals surface area contributed by atoms with Crippen LogP contribution in [0.4, 0.5) is 5.69 Å². The Morgan fingerprint density at radius 2 is 1.53 bits per heavy atom. The third-order valence-corrected chi connectivity index (χ3v) is 6.69. The third-order valence-electron chi connectivity index (χ3n) is 4.98. The van der Waals surface area contributed by atoms with E-state index in [-0.39, 0.29) is 17.1 Å². The summed E-state index contributed by atoms with van der Waals surface area (Å²) in [6, 6.07) is 16.9. The highest BCUT2D eigenvalue weighted by atomic mass is 35.5. The van der Waals surface area contributed by atoms with Crippen molar-refractivity contribution in [3.63, 3.8) is 0 Å². The molecular formula is C24H25ClN2O6S. The second kappa shape index (κ2) is 11.2. The number of sulfonamides is 1. The van der Waals surface area contributed by atoms with E-state index in [1.165, 1.54) is 45.6 Å². The van der Waals surface area contributed by atoms with Gasteiger partial charge in [-0.15, -0.1) is 0 Å². The van der Waals surface area contributed by atoms with Crippen LogP contribution in [0.15, 0.2) is 71.6 Å². The molecule has 0 unspecified atom stereocenters. The van der Waals surface area contributed by atoms with E-state index in [9.17, 15) is 13.2 Å². The molecule has 10 heteroatoms. The topological polar surface area (TPSA) is 103 Å². The molecule has 180 valence electrons. The molecular weight excluding hydrogens is 480 g/mol. The number of halogens is 1. The second-order valence-corrected chi connectivity index (χ2v) is 9.36. The Balaban J connectivity index is 1.93. The molecule has 0 aliphatic carbocycles. The zero-order valence-corrected chi connectivity index (χ0v) is 20.4. The molecule has 0 radical (unpaired) electrons. The largest absolute Gasteiger partial charge is 0.495 e. The summed E-state index contributed by atoms with van der Waals surface area (Å²) in [6.45, 7) is 0. The van der Waals surface area contributed by atoms with Crippen molar-refractivity contribution in [2.75, 3.05) is 26.6 Å². The van der Waals surface area contributed by atoms with Gasteiger partial charge >= 0.3 is 0 Å². The lowest BCUT2D eigenvalue weighted by Gasteiger charge is -2.20. The summed E-state index contributed by atoms with van der Waals surface area (Å²) < 4.78 is 44.6. The number of hydrogen-bond acceptors (Lipinski definition) is 6. The average Bonchev–Trinajstić information content (AvgIpc) is 2.83. The quantitative estimate of drug-likeness (QED) is 0.434. The maximum atomic E-state index is 13.2. The van der Waals surface area contributed by atoms with Crippen LogP contribution in [0.5, 0.6) is 17.2 Å². The van der Waals surface area contributed by atoms with Crippen LogP contribution in [-0.4, -0.2) is 41.7 Å². The van der Waals surface area contributed by atoms with Gasteiger partial charge in [0.15, 0.2) is 11.5 Å². The van der Waals surface area contributed by atoms with Crippen LogP contribution in [0.3, 0.4) is 0 Å². The lowest BCUT2D eigenvalue weighted by atomic mass is 10.1. The van der Waals surface area contributed by atoms with Crippen molar-refractivity contribution >= 4 is 33.2 Å². The SMILES string of the molecule is COc1ccc(Cl)cc1NC(=O)[C@@H](Cc1ccccc1)NS(=O)(=O)c1ccc(OC)c(OC)c1. The molecule has 34 heavy (non-hydrogen) atoms. The number of carbonyl (C=O) groups excluding carboxylic acids is 1. The van der Waals surface area contributed by atoms with Gasteiger partial charge in [0.25, 0.3) is 0 Å². The Kier molecular flexibility index (Phi) is 8.38. The summed E-state index contributed by atoms with van der Waals surface area (Å²) in [7, 11) is 0.218. The van der Waals surface area contributed by atoms with Crippen molar-refractivity contribution in [2.24, 2.45) is 0 Å². The first-order valence-electron chi connectivity index (χ1n) is 10.2. The molecule has 0 aromatic heterocycles. The minimum absolute atomic E-state index is 0.0728. The summed E-state index contributed by atoms with van der Waals surface area (Å²) in [5, 5.41) is 3.11. The molecule has 8 nitrogen and oxygen atoms in total. The molecule has 0 aliphatic heterocycles. The maximum absolute atomic E-state index is 13.2. The van der Waals surface area contributed by atoms with Crippen molar-refractivity contribution in [3.8, 4) is 17.2 Å². The second-order valence-electron chi connectivity index (χ2n) is 7.21. The van der Waals surface area contributed by atoms with Crippen LogP contribution in [0.25, 0.3) is 0 Å². The van der Waals surface area contributed by atoms with Crippen LogP contribution in [0, 0.1) is 0 Å². The standard InChI is InChI=1S/C24H25ClN2O6S/c1-31-21-11-9-17(25)14-19(21)26-24(28)20(13-16-7-5-4-6-8-16)27-34(29,30)18-10-12-22(32-2)23(15-18)33-3/h4-12,14-15,20,27H,13H2,1-3H3,(H,26,28)/t20-/m1/s1. The van der Waals surface area contributed by atoms with Gasteiger partial charge < -0.3 is 19.5 Å². The van der Waals surface area contributed by atoms with Gasteiger partial charge in [-0.05, 0) is 42.3 Å². The van der Waals surface area contributed by atoms with Crippen molar-refractivity contribution in [3.05, 3.63) is 77.3 Å². The van der Waals surface area contributed by atoms with Gasteiger partial charge in [0, 0.05) is 11.1 Å². The van der Waals surface area contributed by atoms with E-state index >= 15 is 0 Å². The molecule has 0 saturated heterocycles. The fourth-order valence-electron chi connectivity index (χ4n) is 3.27. The van der Waals surface area contributed by atoms with Crippen LogP contribution < -0.4 is 24.2 Å². The Bertz CT molecular complexity index is 1250. The molecule has 3 aromatic rings. The third kappa shape index (κ3) is 6.19. The zero-order chi connectivity index (χ0) is 24.7. The van der Waals surface area contributed by atoms with Gasteiger partial charge in [0.2, 0.25) is 15.9 Å². The van der Waals surface area contributed by atoms with E-state index in [0.717, 1.165) is 5.56 Å². The summed E-state index contributed by atoms with van der Waals surface area (Å²) >= 11 is 6.07. The number of rotatable bonds is 10. The number of hydrogen-bond donors (Lipinski definition) is 2. The summed E-state index contributed by atoms with van der Waals surface area (Å²) in [4.78, 5) is 13.2. The lowest BCUT2D eigenvalue weighted by molar-refractivity contribution is -0.117. The van der Waals surface area contributed by atoms with E-state index < -0.39 is 22.0 Å². The van der Waals surface area contributed by atoms with Crippen molar-refractivity contribution in [1.82, 2.24) is 4.72 Å². The maximum Gasteiger partial charge on any atom is 0.243 e. The lowest BCUT2D eigenvalue weighted by Crippen LogP contribution is -2.45. The summed E-state index contributed by atoms with van der Waals surface area (Å²) in [5.41, 5.74) is 1.10. The molecule has 0 bridgehead atoms. The van der Waals surface area contributed by atoms with E-state index in [1.54, 1.807) is 12.1 Å². The number of benzene rings is 3. The molecule has 0 saturated carbocycles. The van der Waals surface area contributed by atoms with Crippen molar-refractivity contribution in [1.29, 1.82) is 0 Å². The van der Waals surface area contributed by atoms with Gasteiger partial charge in [-0.3, -0.25) is 4.79 Å². The van der Waals surface area contributed by atoms with Crippen LogP contribution in [0.2, 0.25) is 5.02 Å².